The van der Waals surface area contributed by atoms with E-state index in [1.54, 1.807) is 29.2 Å². The molecule has 1 aliphatic heterocycles. The zero-order valence-corrected chi connectivity index (χ0v) is 14.4. The normalized spacial score (nSPS) is 20.0. The Labute approximate surface area is 151 Å². The molecule has 1 heterocycles. The molecule has 2 unspecified atom stereocenters. The topological polar surface area (TPSA) is 66.8 Å². The average Bonchev–Trinajstić information content (AvgIpc) is 2.62. The molecule has 1 saturated heterocycles. The van der Waals surface area contributed by atoms with Crippen molar-refractivity contribution in [1.82, 2.24) is 4.90 Å². The van der Waals surface area contributed by atoms with Crippen LogP contribution in [-0.2, 0) is 16.0 Å². The molecule has 5 nitrogen and oxygen atoms in total. The van der Waals surface area contributed by atoms with Gasteiger partial charge in [-0.05, 0) is 42.3 Å². The van der Waals surface area contributed by atoms with Crippen LogP contribution in [-0.4, -0.2) is 41.1 Å². The SMILES string of the molecule is CC1CN(C(=O)Cc2ccc(C(=O)O)cc2)CC(c2ccc(F)cc2)O1. The number of aromatic carboxylic acids is 1. The lowest BCUT2D eigenvalue weighted by molar-refractivity contribution is -0.144. The zero-order valence-electron chi connectivity index (χ0n) is 14.4. The number of carbonyl (C=O) groups excluding carboxylic acids is 1. The van der Waals surface area contributed by atoms with E-state index in [1.807, 2.05) is 6.92 Å². The van der Waals surface area contributed by atoms with E-state index in [1.165, 1.54) is 24.3 Å². The molecular formula is C20H20FNO4. The van der Waals surface area contributed by atoms with E-state index in [-0.39, 0.29) is 35.9 Å². The average molecular weight is 357 g/mol. The number of nitrogens with zero attached hydrogens (tertiary/aromatic N) is 1. The lowest BCUT2D eigenvalue weighted by Gasteiger charge is -2.37. The Kier molecular flexibility index (Phi) is 5.32. The van der Waals surface area contributed by atoms with Gasteiger partial charge in [0.25, 0.3) is 0 Å². The highest BCUT2D eigenvalue weighted by Crippen LogP contribution is 2.26. The maximum absolute atomic E-state index is 13.1. The molecule has 0 bridgehead atoms. The molecule has 2 aromatic rings. The first kappa shape index (κ1) is 18.1. The maximum atomic E-state index is 13.1. The third kappa shape index (κ3) is 4.26. The van der Waals surface area contributed by atoms with Crippen LogP contribution in [0.15, 0.2) is 48.5 Å². The van der Waals surface area contributed by atoms with Crippen LogP contribution in [0.1, 0.15) is 34.5 Å². The summed E-state index contributed by atoms with van der Waals surface area (Å²) in [5.41, 5.74) is 1.79. The number of ether oxygens (including phenoxy) is 1. The first-order valence-electron chi connectivity index (χ1n) is 8.43. The van der Waals surface area contributed by atoms with Gasteiger partial charge in [0, 0.05) is 6.54 Å². The van der Waals surface area contributed by atoms with E-state index < -0.39 is 5.97 Å². The van der Waals surface area contributed by atoms with Crippen LogP contribution in [0.3, 0.4) is 0 Å². The Balaban J connectivity index is 1.68. The predicted molar refractivity (Wildman–Crippen MR) is 93.4 cm³/mol. The Morgan fingerprint density at radius 3 is 2.38 bits per heavy atom. The van der Waals surface area contributed by atoms with Gasteiger partial charge >= 0.3 is 5.97 Å². The van der Waals surface area contributed by atoms with Crippen molar-refractivity contribution in [3.63, 3.8) is 0 Å². The van der Waals surface area contributed by atoms with Crippen LogP contribution < -0.4 is 0 Å². The maximum Gasteiger partial charge on any atom is 0.335 e. The molecule has 3 rings (SSSR count). The molecule has 0 aromatic heterocycles. The third-order valence-electron chi connectivity index (χ3n) is 4.41. The fourth-order valence-electron chi connectivity index (χ4n) is 3.07. The molecule has 0 spiro atoms. The number of benzene rings is 2. The highest BCUT2D eigenvalue weighted by atomic mass is 19.1. The van der Waals surface area contributed by atoms with E-state index in [2.05, 4.69) is 0 Å². The predicted octanol–water partition coefficient (Wildman–Crippen LogP) is 3.06. The van der Waals surface area contributed by atoms with Gasteiger partial charge in [-0.15, -0.1) is 0 Å². The monoisotopic (exact) mass is 357 g/mol. The number of hydrogen-bond donors (Lipinski definition) is 1. The Hall–Kier alpha value is -2.73. The van der Waals surface area contributed by atoms with E-state index in [0.29, 0.717) is 13.1 Å². The van der Waals surface area contributed by atoms with E-state index in [0.717, 1.165) is 11.1 Å². The number of hydrogen-bond acceptors (Lipinski definition) is 3. The molecule has 1 amide bonds. The van der Waals surface area contributed by atoms with Crippen molar-refractivity contribution in [3.8, 4) is 0 Å². The van der Waals surface area contributed by atoms with Crippen molar-refractivity contribution >= 4 is 11.9 Å². The van der Waals surface area contributed by atoms with Gasteiger partial charge in [-0.25, -0.2) is 9.18 Å². The van der Waals surface area contributed by atoms with E-state index in [9.17, 15) is 14.0 Å². The van der Waals surface area contributed by atoms with E-state index >= 15 is 0 Å². The second-order valence-electron chi connectivity index (χ2n) is 6.46. The summed E-state index contributed by atoms with van der Waals surface area (Å²) < 4.78 is 19.0. The second kappa shape index (κ2) is 7.66. The summed E-state index contributed by atoms with van der Waals surface area (Å²) in [4.78, 5) is 25.3. The molecule has 0 radical (unpaired) electrons. The Morgan fingerprint density at radius 1 is 1.12 bits per heavy atom. The number of halogens is 1. The lowest BCUT2D eigenvalue weighted by atomic mass is 10.0. The first-order valence-corrected chi connectivity index (χ1v) is 8.43. The molecule has 0 saturated carbocycles. The summed E-state index contributed by atoms with van der Waals surface area (Å²) >= 11 is 0. The van der Waals surface area contributed by atoms with Gasteiger partial charge in [0.2, 0.25) is 5.91 Å². The number of carboxylic acids is 1. The van der Waals surface area contributed by atoms with Crippen molar-refractivity contribution in [2.45, 2.75) is 25.6 Å². The van der Waals surface area contributed by atoms with E-state index in [4.69, 9.17) is 9.84 Å². The summed E-state index contributed by atoms with van der Waals surface area (Å²) in [5, 5.41) is 8.93. The fraction of sp³-hybridized carbons (Fsp3) is 0.300. The minimum atomic E-state index is -0.993. The highest BCUT2D eigenvalue weighted by Gasteiger charge is 2.29. The summed E-state index contributed by atoms with van der Waals surface area (Å²) in [6.45, 7) is 2.80. The standard InChI is InChI=1S/C20H20FNO4/c1-13-11-22(12-18(26-13)15-6-8-17(21)9-7-15)19(23)10-14-2-4-16(5-3-14)20(24)25/h2-9,13,18H,10-12H2,1H3,(H,24,25). The molecule has 2 aromatic carbocycles. The van der Waals surface area contributed by atoms with Crippen LogP contribution in [0.25, 0.3) is 0 Å². The Bertz CT molecular complexity index is 788. The number of carbonyl (C=O) groups is 2. The Morgan fingerprint density at radius 2 is 1.77 bits per heavy atom. The van der Waals surface area contributed by atoms with Gasteiger partial charge in [-0.2, -0.15) is 0 Å². The van der Waals surface area contributed by atoms with Gasteiger partial charge in [0.05, 0.1) is 24.6 Å². The molecule has 26 heavy (non-hydrogen) atoms. The fourth-order valence-corrected chi connectivity index (χ4v) is 3.07. The number of morpholine rings is 1. The molecule has 1 aliphatic rings. The summed E-state index contributed by atoms with van der Waals surface area (Å²) in [6.07, 6.45) is -0.224. The van der Waals surface area contributed by atoms with Crippen molar-refractivity contribution in [2.24, 2.45) is 0 Å². The molecule has 0 aliphatic carbocycles. The van der Waals surface area contributed by atoms with Crippen molar-refractivity contribution < 1.29 is 23.8 Å². The molecule has 136 valence electrons. The first-order chi connectivity index (χ1) is 12.4. The van der Waals surface area contributed by atoms with Gasteiger partial charge < -0.3 is 14.7 Å². The van der Waals surface area contributed by atoms with Crippen molar-refractivity contribution in [2.75, 3.05) is 13.1 Å². The van der Waals surface area contributed by atoms with Gasteiger partial charge in [-0.3, -0.25) is 4.79 Å². The third-order valence-corrected chi connectivity index (χ3v) is 4.41. The van der Waals surface area contributed by atoms with Crippen LogP contribution >= 0.6 is 0 Å². The summed E-state index contributed by atoms with van der Waals surface area (Å²) in [7, 11) is 0. The van der Waals surface area contributed by atoms with Crippen LogP contribution in [0.5, 0.6) is 0 Å². The zero-order chi connectivity index (χ0) is 18.7. The molecule has 6 heteroatoms. The number of rotatable bonds is 4. The van der Waals surface area contributed by atoms with Gasteiger partial charge in [0.15, 0.2) is 0 Å². The lowest BCUT2D eigenvalue weighted by Crippen LogP contribution is -2.46. The largest absolute Gasteiger partial charge is 0.478 e. The molecule has 1 fully saturated rings. The quantitative estimate of drug-likeness (QED) is 0.913. The number of amides is 1. The van der Waals surface area contributed by atoms with Gasteiger partial charge in [-0.1, -0.05) is 24.3 Å². The molecule has 1 N–H and O–H groups in total. The number of carboxylic acid groups (broad SMARTS) is 1. The van der Waals surface area contributed by atoms with Crippen LogP contribution in [0.4, 0.5) is 4.39 Å². The van der Waals surface area contributed by atoms with Crippen molar-refractivity contribution in [3.05, 3.63) is 71.0 Å². The summed E-state index contributed by atoms with van der Waals surface area (Å²) in [5.74, 6) is -1.35. The van der Waals surface area contributed by atoms with Crippen LogP contribution in [0.2, 0.25) is 0 Å². The van der Waals surface area contributed by atoms with Gasteiger partial charge in [0.1, 0.15) is 11.9 Å². The molecule has 2 atom stereocenters. The smallest absolute Gasteiger partial charge is 0.335 e. The minimum absolute atomic E-state index is 0.0460. The second-order valence-corrected chi connectivity index (χ2v) is 6.46. The van der Waals surface area contributed by atoms with Crippen LogP contribution in [0, 0.1) is 5.82 Å². The van der Waals surface area contributed by atoms with Crippen molar-refractivity contribution in [1.29, 1.82) is 0 Å². The molecular weight excluding hydrogens is 337 g/mol. The minimum Gasteiger partial charge on any atom is -0.478 e. The summed E-state index contributed by atoms with van der Waals surface area (Å²) in [6, 6.07) is 12.4. The highest BCUT2D eigenvalue weighted by molar-refractivity contribution is 5.87.